The molecule has 1 aromatic heterocycles. The smallest absolute Gasteiger partial charge is 0.471 e. The van der Waals surface area contributed by atoms with Crippen LogP contribution in [-0.2, 0) is 21.5 Å². The van der Waals surface area contributed by atoms with E-state index in [1.54, 1.807) is 62.0 Å². The number of aromatic nitrogens is 2. The third-order valence-electron chi connectivity index (χ3n) is 9.66. The summed E-state index contributed by atoms with van der Waals surface area (Å²) in [6.45, 7) is -0.331. The van der Waals surface area contributed by atoms with Gasteiger partial charge in [0.15, 0.2) is 0 Å². The molecule has 4 N–H and O–H groups in total. The van der Waals surface area contributed by atoms with E-state index in [1.165, 1.54) is 24.4 Å². The van der Waals surface area contributed by atoms with E-state index in [0.717, 1.165) is 4.57 Å². The van der Waals surface area contributed by atoms with Gasteiger partial charge in [0.2, 0.25) is 0 Å². The molecule has 14 heteroatoms. The number of alkyl halides is 3. The maximum Gasteiger partial charge on any atom is 0.471 e. The van der Waals surface area contributed by atoms with Crippen LogP contribution in [0.15, 0.2) is 119 Å². The normalized spacial score (nSPS) is 17.9. The van der Waals surface area contributed by atoms with Gasteiger partial charge >= 0.3 is 17.8 Å². The van der Waals surface area contributed by atoms with Gasteiger partial charge in [0.1, 0.15) is 29.9 Å². The number of aliphatic hydroxyl groups excluding tert-OH is 2. The van der Waals surface area contributed by atoms with Crippen LogP contribution in [0.1, 0.15) is 46.0 Å². The summed E-state index contributed by atoms with van der Waals surface area (Å²) >= 11 is 0. The van der Waals surface area contributed by atoms with E-state index < -0.39 is 53.3 Å². The molecule has 1 saturated heterocycles. The summed E-state index contributed by atoms with van der Waals surface area (Å²) in [5, 5.41) is 26.0. The molecule has 4 aromatic carbocycles. The monoisotopic (exact) mass is 757 g/mol. The number of carbonyl (C=O) groups excluding carboxylic acids is 1. The molecular formula is C41H38F3N3O8. The molecule has 6 rings (SSSR count). The van der Waals surface area contributed by atoms with Crippen molar-refractivity contribution in [1.82, 2.24) is 14.9 Å². The van der Waals surface area contributed by atoms with Gasteiger partial charge in [-0.3, -0.25) is 19.1 Å². The zero-order valence-corrected chi connectivity index (χ0v) is 29.7. The Morgan fingerprint density at radius 1 is 0.891 bits per heavy atom. The van der Waals surface area contributed by atoms with Gasteiger partial charge in [0, 0.05) is 19.2 Å². The number of amides is 1. The highest BCUT2D eigenvalue weighted by Gasteiger charge is 2.52. The minimum atomic E-state index is -4.99. The van der Waals surface area contributed by atoms with Gasteiger partial charge in [-0.05, 0) is 58.2 Å². The molecule has 0 bridgehead atoms. The Morgan fingerprint density at radius 3 is 2.00 bits per heavy atom. The van der Waals surface area contributed by atoms with E-state index in [-0.39, 0.29) is 18.5 Å². The molecule has 55 heavy (non-hydrogen) atoms. The molecular weight excluding hydrogens is 719 g/mol. The second kappa shape index (κ2) is 16.2. The number of aromatic amines is 1. The minimum absolute atomic E-state index is 0.0679. The number of H-pyrrole nitrogens is 1. The highest BCUT2D eigenvalue weighted by Crippen LogP contribution is 2.47. The predicted octanol–water partition coefficient (Wildman–Crippen LogP) is 4.95. The SMILES string of the molecule is COc1ccc(C(c2ccccc2)(c2ccc(OC)cc2)C(O)[C@H]2O[C@@H](n3cc(C=Cc4ccc(CNC(=O)C(F)(F)F)cc4)c(=O)[nH]c3=O)C[C@@H]2O)cc1. The number of hydrogen-bond acceptors (Lipinski definition) is 8. The van der Waals surface area contributed by atoms with Gasteiger partial charge in [0.25, 0.3) is 5.56 Å². The average molecular weight is 758 g/mol. The van der Waals surface area contributed by atoms with Crippen molar-refractivity contribution in [2.45, 2.75) is 49.1 Å². The Labute approximate surface area is 313 Å². The molecule has 1 aliphatic heterocycles. The number of carbonyl (C=O) groups is 1. The van der Waals surface area contributed by atoms with Crippen molar-refractivity contribution in [2.24, 2.45) is 0 Å². The summed E-state index contributed by atoms with van der Waals surface area (Å²) in [4.78, 5) is 39.4. The molecule has 1 unspecified atom stereocenters. The lowest BCUT2D eigenvalue weighted by molar-refractivity contribution is -0.173. The summed E-state index contributed by atoms with van der Waals surface area (Å²) in [6.07, 6.45) is -5.79. The Kier molecular flexibility index (Phi) is 11.4. The fraction of sp³-hybridized carbons (Fsp3) is 0.244. The average Bonchev–Trinajstić information content (AvgIpc) is 3.58. The Morgan fingerprint density at radius 2 is 1.45 bits per heavy atom. The third kappa shape index (κ3) is 8.11. The molecule has 0 radical (unpaired) electrons. The zero-order valence-electron chi connectivity index (χ0n) is 29.7. The minimum Gasteiger partial charge on any atom is -0.497 e. The quantitative estimate of drug-likeness (QED) is 0.131. The van der Waals surface area contributed by atoms with E-state index in [4.69, 9.17) is 14.2 Å². The lowest BCUT2D eigenvalue weighted by Crippen LogP contribution is -2.51. The number of ether oxygens (including phenoxy) is 3. The van der Waals surface area contributed by atoms with Crippen LogP contribution in [0.3, 0.4) is 0 Å². The van der Waals surface area contributed by atoms with Crippen molar-refractivity contribution < 1.29 is 42.4 Å². The number of methoxy groups -OCH3 is 2. The maximum absolute atomic E-state index is 13.2. The number of hydrogen-bond donors (Lipinski definition) is 4. The Balaban J connectivity index is 1.31. The van der Waals surface area contributed by atoms with E-state index in [0.29, 0.717) is 39.3 Å². The van der Waals surface area contributed by atoms with Gasteiger partial charge in [0.05, 0.1) is 31.3 Å². The maximum atomic E-state index is 13.2. The van der Waals surface area contributed by atoms with Gasteiger partial charge in [-0.2, -0.15) is 13.2 Å². The Hall–Kier alpha value is -5.96. The summed E-state index contributed by atoms with van der Waals surface area (Å²) in [6, 6.07) is 30.0. The van der Waals surface area contributed by atoms with Crippen LogP contribution in [0.5, 0.6) is 11.5 Å². The van der Waals surface area contributed by atoms with Crippen molar-refractivity contribution in [3.63, 3.8) is 0 Å². The van der Waals surface area contributed by atoms with Crippen LogP contribution in [-0.4, -0.2) is 64.4 Å². The molecule has 11 nitrogen and oxygen atoms in total. The third-order valence-corrected chi connectivity index (χ3v) is 9.66. The van der Waals surface area contributed by atoms with E-state index in [1.807, 2.05) is 54.6 Å². The molecule has 0 spiro atoms. The summed E-state index contributed by atoms with van der Waals surface area (Å²) in [5.74, 6) is -0.849. The molecule has 2 heterocycles. The van der Waals surface area contributed by atoms with Crippen molar-refractivity contribution >= 4 is 18.1 Å². The van der Waals surface area contributed by atoms with Gasteiger partial charge in [-0.15, -0.1) is 0 Å². The van der Waals surface area contributed by atoms with Crippen LogP contribution in [0.2, 0.25) is 0 Å². The van der Waals surface area contributed by atoms with Gasteiger partial charge in [-0.1, -0.05) is 84.9 Å². The molecule has 0 saturated carbocycles. The first-order chi connectivity index (χ1) is 26.3. The standard InChI is InChI=1S/C41H38F3N3O8/c1-53-31-18-14-29(15-19-31)40(28-6-4-3-5-7-28,30-16-20-32(54-2)21-17-30)36(49)35-33(48)22-34(55-35)47-24-27(37(50)46-39(47)52)13-12-25-8-10-26(11-9-25)23-45-38(51)41(42,43)44/h3-21,24,33-36,48-49H,22-23H2,1-2H3,(H,45,51)(H,46,50,52)/t33-,34+,35-,36?/m0/s1. The van der Waals surface area contributed by atoms with E-state index in [9.17, 15) is 37.8 Å². The lowest BCUT2D eigenvalue weighted by Gasteiger charge is -2.43. The lowest BCUT2D eigenvalue weighted by atomic mass is 9.64. The second-order valence-corrected chi connectivity index (χ2v) is 12.9. The topological polar surface area (TPSA) is 152 Å². The van der Waals surface area contributed by atoms with E-state index in [2.05, 4.69) is 4.98 Å². The number of benzene rings is 4. The number of nitrogens with zero attached hydrogens (tertiary/aromatic N) is 1. The largest absolute Gasteiger partial charge is 0.497 e. The number of aliphatic hydroxyl groups is 2. The molecule has 1 amide bonds. The van der Waals surface area contributed by atoms with Crippen LogP contribution in [0.25, 0.3) is 12.2 Å². The fourth-order valence-corrected chi connectivity index (χ4v) is 6.85. The van der Waals surface area contributed by atoms with Gasteiger partial charge in [-0.25, -0.2) is 4.79 Å². The molecule has 0 aliphatic carbocycles. The number of rotatable bonds is 12. The summed E-state index contributed by atoms with van der Waals surface area (Å²) < 4.78 is 55.9. The van der Waals surface area contributed by atoms with Crippen LogP contribution < -0.4 is 26.0 Å². The first kappa shape index (κ1) is 38.8. The highest BCUT2D eigenvalue weighted by atomic mass is 19.4. The van der Waals surface area contributed by atoms with Crippen molar-refractivity contribution in [1.29, 1.82) is 0 Å². The van der Waals surface area contributed by atoms with Crippen LogP contribution >= 0.6 is 0 Å². The first-order valence-electron chi connectivity index (χ1n) is 17.2. The highest BCUT2D eigenvalue weighted by molar-refractivity contribution is 5.81. The number of halogens is 3. The molecule has 5 aromatic rings. The molecule has 286 valence electrons. The zero-order chi connectivity index (χ0) is 39.3. The first-order valence-corrected chi connectivity index (χ1v) is 17.2. The molecule has 1 aliphatic rings. The Bertz CT molecular complexity index is 2190. The van der Waals surface area contributed by atoms with Gasteiger partial charge < -0.3 is 29.7 Å². The van der Waals surface area contributed by atoms with Crippen LogP contribution in [0.4, 0.5) is 13.2 Å². The fourth-order valence-electron chi connectivity index (χ4n) is 6.85. The van der Waals surface area contributed by atoms with Crippen LogP contribution in [0, 0.1) is 0 Å². The molecule has 4 atom stereocenters. The van der Waals surface area contributed by atoms with Crippen molar-refractivity contribution in [3.05, 3.63) is 164 Å². The van der Waals surface area contributed by atoms with E-state index >= 15 is 0 Å². The number of nitrogens with one attached hydrogen (secondary N) is 2. The van der Waals surface area contributed by atoms with Crippen molar-refractivity contribution in [2.75, 3.05) is 14.2 Å². The second-order valence-electron chi connectivity index (χ2n) is 12.9. The predicted molar refractivity (Wildman–Crippen MR) is 197 cm³/mol. The summed E-state index contributed by atoms with van der Waals surface area (Å²) in [5.41, 5.74) is 0.305. The molecule has 1 fully saturated rings. The summed E-state index contributed by atoms with van der Waals surface area (Å²) in [7, 11) is 3.10. The van der Waals surface area contributed by atoms with Crippen molar-refractivity contribution in [3.8, 4) is 11.5 Å².